The summed E-state index contributed by atoms with van der Waals surface area (Å²) in [6.07, 6.45) is 0. The summed E-state index contributed by atoms with van der Waals surface area (Å²) in [4.78, 5) is 28.5. The number of likely N-dealkylation sites (tertiary alicyclic amines) is 1. The fourth-order valence-electron chi connectivity index (χ4n) is 4.67. The lowest BCUT2D eigenvalue weighted by molar-refractivity contribution is -0.140. The monoisotopic (exact) mass is 527 g/mol. The summed E-state index contributed by atoms with van der Waals surface area (Å²) in [5.74, 6) is -0.00950. The van der Waals surface area contributed by atoms with Gasteiger partial charge in [-0.3, -0.25) is 9.59 Å². The van der Waals surface area contributed by atoms with Crippen LogP contribution in [0.15, 0.2) is 78.4 Å². The zero-order valence-electron chi connectivity index (χ0n) is 23.5. The van der Waals surface area contributed by atoms with Crippen LogP contribution in [0.1, 0.15) is 62.9 Å². The molecule has 1 aliphatic rings. The maximum atomic E-state index is 13.5. The van der Waals surface area contributed by atoms with E-state index in [2.05, 4.69) is 34.6 Å². The summed E-state index contributed by atoms with van der Waals surface area (Å²) in [5, 5.41) is 11.5. The largest absolute Gasteiger partial charge is 0.507 e. The number of aliphatic hydroxyl groups excluding tert-OH is 1. The molecule has 1 amide bonds. The third-order valence-corrected chi connectivity index (χ3v) is 6.81. The van der Waals surface area contributed by atoms with Crippen LogP contribution in [0.3, 0.4) is 0 Å². The highest BCUT2D eigenvalue weighted by molar-refractivity contribution is 6.46. The summed E-state index contributed by atoms with van der Waals surface area (Å²) in [5.41, 5.74) is 3.12. The van der Waals surface area contributed by atoms with Gasteiger partial charge in [0.25, 0.3) is 11.7 Å². The molecule has 6 nitrogen and oxygen atoms in total. The molecule has 39 heavy (non-hydrogen) atoms. The highest BCUT2D eigenvalue weighted by Gasteiger charge is 2.46. The van der Waals surface area contributed by atoms with Gasteiger partial charge >= 0.3 is 0 Å². The molecule has 0 saturated carbocycles. The normalized spacial score (nSPS) is 17.1. The molecule has 4 rings (SSSR count). The van der Waals surface area contributed by atoms with Crippen LogP contribution in [0, 0.1) is 5.92 Å². The van der Waals surface area contributed by atoms with Gasteiger partial charge in [-0.25, -0.2) is 0 Å². The van der Waals surface area contributed by atoms with E-state index in [-0.39, 0.29) is 23.3 Å². The van der Waals surface area contributed by atoms with Crippen molar-refractivity contribution in [2.45, 2.75) is 52.6 Å². The molecule has 0 aliphatic carbocycles. The first-order chi connectivity index (χ1) is 18.5. The molecule has 204 valence electrons. The average Bonchev–Trinajstić information content (AvgIpc) is 3.16. The fraction of sp³-hybridized carbons (Fsp3) is 0.333. The van der Waals surface area contributed by atoms with E-state index >= 15 is 0 Å². The van der Waals surface area contributed by atoms with Gasteiger partial charge in [-0.15, -0.1) is 0 Å². The Morgan fingerprint density at radius 3 is 2.26 bits per heavy atom. The van der Waals surface area contributed by atoms with Crippen LogP contribution in [0.4, 0.5) is 0 Å². The summed E-state index contributed by atoms with van der Waals surface area (Å²) in [6, 6.07) is 21.5. The number of amides is 1. The Labute approximate surface area is 230 Å². The number of methoxy groups -OCH3 is 1. The Hall–Kier alpha value is -4.06. The Balaban J connectivity index is 1.82. The molecule has 1 heterocycles. The van der Waals surface area contributed by atoms with E-state index < -0.39 is 17.7 Å². The minimum Gasteiger partial charge on any atom is -0.507 e. The second-order valence-corrected chi connectivity index (χ2v) is 11.4. The zero-order chi connectivity index (χ0) is 28.3. The molecule has 0 aromatic heterocycles. The van der Waals surface area contributed by atoms with Crippen molar-refractivity contribution < 1.29 is 24.2 Å². The van der Waals surface area contributed by atoms with Gasteiger partial charge in [-0.1, -0.05) is 83.1 Å². The molecule has 1 aliphatic heterocycles. The van der Waals surface area contributed by atoms with Crippen LogP contribution in [-0.4, -0.2) is 35.4 Å². The van der Waals surface area contributed by atoms with Crippen molar-refractivity contribution in [1.82, 2.24) is 4.90 Å². The number of hydrogen-bond acceptors (Lipinski definition) is 5. The van der Waals surface area contributed by atoms with Crippen LogP contribution in [0.25, 0.3) is 5.76 Å². The predicted molar refractivity (Wildman–Crippen MR) is 153 cm³/mol. The summed E-state index contributed by atoms with van der Waals surface area (Å²) in [6.45, 7) is 11.2. The van der Waals surface area contributed by atoms with Crippen molar-refractivity contribution in [1.29, 1.82) is 0 Å². The first-order valence-electron chi connectivity index (χ1n) is 13.2. The first kappa shape index (κ1) is 28.0. The molecule has 1 unspecified atom stereocenters. The van der Waals surface area contributed by atoms with Crippen molar-refractivity contribution in [2.24, 2.45) is 5.92 Å². The quantitative estimate of drug-likeness (QED) is 0.202. The van der Waals surface area contributed by atoms with Crippen LogP contribution >= 0.6 is 0 Å². The van der Waals surface area contributed by atoms with Crippen molar-refractivity contribution in [3.63, 3.8) is 0 Å². The number of nitrogens with zero attached hydrogens (tertiary/aromatic N) is 1. The summed E-state index contributed by atoms with van der Waals surface area (Å²) >= 11 is 0. The molecule has 0 bridgehead atoms. The highest BCUT2D eigenvalue weighted by Crippen LogP contribution is 2.41. The van der Waals surface area contributed by atoms with Gasteiger partial charge in [0, 0.05) is 12.1 Å². The average molecular weight is 528 g/mol. The van der Waals surface area contributed by atoms with Crippen molar-refractivity contribution in [3.05, 3.63) is 101 Å². The van der Waals surface area contributed by atoms with Crippen LogP contribution < -0.4 is 9.47 Å². The van der Waals surface area contributed by atoms with E-state index in [0.717, 1.165) is 16.7 Å². The molecule has 0 spiro atoms. The molecule has 1 atom stereocenters. The number of rotatable bonds is 8. The Kier molecular flexibility index (Phi) is 8.14. The lowest BCUT2D eigenvalue weighted by Gasteiger charge is -2.27. The number of ether oxygens (including phenoxy) is 2. The molecule has 3 aromatic carbocycles. The lowest BCUT2D eigenvalue weighted by Crippen LogP contribution is -2.29. The molecule has 3 aromatic rings. The zero-order valence-corrected chi connectivity index (χ0v) is 23.5. The van der Waals surface area contributed by atoms with Crippen LogP contribution in [0.5, 0.6) is 11.5 Å². The Bertz CT molecular complexity index is 1380. The first-order valence-corrected chi connectivity index (χ1v) is 13.2. The van der Waals surface area contributed by atoms with Gasteiger partial charge in [-0.2, -0.15) is 0 Å². The molecule has 1 saturated heterocycles. The third kappa shape index (κ3) is 6.17. The standard InChI is InChI=1S/C33H37NO5/c1-21(2)20-39-27-12-8-10-24(18-27)30(35)28-29(23-13-15-25(16-14-23)33(3,4)5)34(32(37)31(28)36)19-22-9-7-11-26(17-22)38-6/h7-18,21,29,35H,19-20H2,1-6H3/b30-28-. The summed E-state index contributed by atoms with van der Waals surface area (Å²) < 4.78 is 11.2. The SMILES string of the molecule is COc1cccc(CN2C(=O)C(=O)/C(=C(\O)c3cccc(OCC(C)C)c3)C2c2ccc(C(C)(C)C)cc2)c1. The smallest absolute Gasteiger partial charge is 0.295 e. The second-order valence-electron chi connectivity index (χ2n) is 11.4. The molecular weight excluding hydrogens is 490 g/mol. The number of Topliss-reactive ketones (excluding diaryl/α,β-unsaturated/α-hetero) is 1. The van der Waals surface area contributed by atoms with E-state index in [4.69, 9.17) is 9.47 Å². The van der Waals surface area contributed by atoms with Gasteiger partial charge < -0.3 is 19.5 Å². The van der Waals surface area contributed by atoms with Crippen molar-refractivity contribution >= 4 is 17.4 Å². The molecule has 6 heteroatoms. The molecule has 0 radical (unpaired) electrons. The minimum absolute atomic E-state index is 0.0582. The fourth-order valence-corrected chi connectivity index (χ4v) is 4.67. The van der Waals surface area contributed by atoms with Crippen molar-refractivity contribution in [3.8, 4) is 11.5 Å². The number of ketones is 1. The van der Waals surface area contributed by atoms with Gasteiger partial charge in [-0.05, 0) is 52.3 Å². The van der Waals surface area contributed by atoms with Crippen LogP contribution in [0.2, 0.25) is 0 Å². The Morgan fingerprint density at radius 1 is 0.949 bits per heavy atom. The van der Waals surface area contributed by atoms with E-state index in [1.54, 1.807) is 25.3 Å². The maximum absolute atomic E-state index is 13.5. The van der Waals surface area contributed by atoms with Crippen LogP contribution in [-0.2, 0) is 21.5 Å². The highest BCUT2D eigenvalue weighted by atomic mass is 16.5. The topological polar surface area (TPSA) is 76.1 Å². The summed E-state index contributed by atoms with van der Waals surface area (Å²) in [7, 11) is 1.58. The predicted octanol–water partition coefficient (Wildman–Crippen LogP) is 6.65. The number of carbonyl (C=O) groups excluding carboxylic acids is 2. The number of carbonyl (C=O) groups is 2. The molecule has 1 fully saturated rings. The number of benzene rings is 3. The lowest BCUT2D eigenvalue weighted by atomic mass is 9.85. The van der Waals surface area contributed by atoms with Gasteiger partial charge in [0.05, 0.1) is 25.3 Å². The third-order valence-electron chi connectivity index (χ3n) is 6.81. The van der Waals surface area contributed by atoms with E-state index in [0.29, 0.717) is 29.6 Å². The van der Waals surface area contributed by atoms with Gasteiger partial charge in [0.15, 0.2) is 0 Å². The number of hydrogen-bond donors (Lipinski definition) is 1. The van der Waals surface area contributed by atoms with Crippen molar-refractivity contribution in [2.75, 3.05) is 13.7 Å². The Morgan fingerprint density at radius 2 is 1.62 bits per heavy atom. The second kappa shape index (κ2) is 11.4. The molecular formula is C33H37NO5. The number of aliphatic hydroxyl groups is 1. The minimum atomic E-state index is -0.759. The van der Waals surface area contributed by atoms with E-state index in [9.17, 15) is 14.7 Å². The maximum Gasteiger partial charge on any atom is 0.295 e. The molecule has 1 N–H and O–H groups in total. The van der Waals surface area contributed by atoms with Gasteiger partial charge in [0.2, 0.25) is 0 Å². The van der Waals surface area contributed by atoms with E-state index in [1.165, 1.54) is 4.90 Å². The van der Waals surface area contributed by atoms with Gasteiger partial charge in [0.1, 0.15) is 17.3 Å². The van der Waals surface area contributed by atoms with E-state index in [1.807, 2.05) is 54.6 Å².